The van der Waals surface area contributed by atoms with Gasteiger partial charge in [-0.3, -0.25) is 18.9 Å². The van der Waals surface area contributed by atoms with Gasteiger partial charge in [0.1, 0.15) is 17.1 Å². The average Bonchev–Trinajstić information content (AvgIpc) is 3.05. The van der Waals surface area contributed by atoms with E-state index in [0.29, 0.717) is 23.6 Å². The molecule has 1 aromatic heterocycles. The van der Waals surface area contributed by atoms with Gasteiger partial charge in [-0.15, -0.1) is 0 Å². The molecule has 0 spiro atoms. The van der Waals surface area contributed by atoms with E-state index >= 15 is 0 Å². The van der Waals surface area contributed by atoms with Gasteiger partial charge in [-0.25, -0.2) is 4.79 Å². The monoisotopic (exact) mass is 374 g/mol. The van der Waals surface area contributed by atoms with Gasteiger partial charge in [0, 0.05) is 39.2 Å². The first kappa shape index (κ1) is 18.6. The molecule has 2 aromatic rings. The quantitative estimate of drug-likeness (QED) is 0.841. The molecule has 9 heteroatoms. The number of ether oxygens (including phenoxy) is 2. The summed E-state index contributed by atoms with van der Waals surface area (Å²) in [4.78, 5) is 24.5. The second kappa shape index (κ2) is 6.82. The third-order valence-electron chi connectivity index (χ3n) is 4.84. The van der Waals surface area contributed by atoms with Gasteiger partial charge in [0.15, 0.2) is 0 Å². The van der Waals surface area contributed by atoms with Crippen LogP contribution >= 0.6 is 0 Å². The van der Waals surface area contributed by atoms with E-state index in [1.807, 2.05) is 12.1 Å². The van der Waals surface area contributed by atoms with Crippen LogP contribution in [0.5, 0.6) is 17.4 Å². The molecule has 3 rings (SSSR count). The van der Waals surface area contributed by atoms with Crippen LogP contribution in [0.2, 0.25) is 0 Å². The summed E-state index contributed by atoms with van der Waals surface area (Å²) in [6.07, 6.45) is 0.375. The molecule has 0 fully saturated rings. The van der Waals surface area contributed by atoms with Crippen molar-refractivity contribution in [3.05, 3.63) is 50.2 Å². The van der Waals surface area contributed by atoms with Crippen molar-refractivity contribution < 1.29 is 14.6 Å². The molecule has 0 amide bonds. The molecule has 0 bridgehead atoms. The third-order valence-corrected chi connectivity index (χ3v) is 4.84. The second-order valence-corrected chi connectivity index (χ2v) is 6.35. The number of hydrogen-bond donors (Lipinski definition) is 1. The Labute approximate surface area is 155 Å². The Hall–Kier alpha value is -3.23. The largest absolute Gasteiger partial charge is 0.497 e. The topological polar surface area (TPSA) is 98.3 Å². The maximum Gasteiger partial charge on any atom is 0.333 e. The number of methoxy groups -OCH3 is 2. The summed E-state index contributed by atoms with van der Waals surface area (Å²) in [7, 11) is 7.71. The smallest absolute Gasteiger partial charge is 0.333 e. The first-order chi connectivity index (χ1) is 12.8. The van der Waals surface area contributed by atoms with Gasteiger partial charge < -0.3 is 14.6 Å². The normalized spacial score (nSPS) is 16.4. The Balaban J connectivity index is 2.05. The van der Waals surface area contributed by atoms with Crippen molar-refractivity contribution in [3.8, 4) is 17.4 Å². The Morgan fingerprint density at radius 1 is 1.11 bits per heavy atom. The summed E-state index contributed by atoms with van der Waals surface area (Å²) in [5, 5.41) is 16.5. The highest BCUT2D eigenvalue weighted by molar-refractivity contribution is 6.03. The van der Waals surface area contributed by atoms with Crippen LogP contribution in [-0.4, -0.2) is 46.2 Å². The molecule has 1 aliphatic rings. The minimum Gasteiger partial charge on any atom is -0.497 e. The van der Waals surface area contributed by atoms with E-state index < -0.39 is 17.1 Å². The van der Waals surface area contributed by atoms with Crippen LogP contribution in [0, 0.1) is 0 Å². The van der Waals surface area contributed by atoms with E-state index in [9.17, 15) is 14.7 Å². The summed E-state index contributed by atoms with van der Waals surface area (Å²) in [6, 6.07) is 5.30. The maximum atomic E-state index is 12.6. The molecule has 27 heavy (non-hydrogen) atoms. The lowest BCUT2D eigenvalue weighted by Gasteiger charge is -2.21. The van der Waals surface area contributed by atoms with Crippen molar-refractivity contribution in [2.75, 3.05) is 21.3 Å². The molecule has 1 N–H and O–H groups in total. The molecular formula is C18H22N4O5. The summed E-state index contributed by atoms with van der Waals surface area (Å²) in [5.74, 6) is 0.916. The number of hydrazone groups is 1. The average molecular weight is 374 g/mol. The van der Waals surface area contributed by atoms with E-state index in [1.54, 1.807) is 32.3 Å². The molecule has 1 atom stereocenters. The summed E-state index contributed by atoms with van der Waals surface area (Å²) >= 11 is 0. The van der Waals surface area contributed by atoms with Crippen LogP contribution in [-0.2, 0) is 14.1 Å². The fourth-order valence-electron chi connectivity index (χ4n) is 3.26. The Kier molecular flexibility index (Phi) is 4.69. The number of aromatic nitrogens is 2. The molecule has 0 radical (unpaired) electrons. The van der Waals surface area contributed by atoms with Crippen LogP contribution in [0.1, 0.15) is 23.6 Å². The molecule has 1 aromatic carbocycles. The Bertz CT molecular complexity index is 1040. The van der Waals surface area contributed by atoms with Gasteiger partial charge in [0.05, 0.1) is 26.0 Å². The molecular weight excluding hydrogens is 352 g/mol. The zero-order valence-corrected chi connectivity index (χ0v) is 15.9. The SMILES string of the molecule is COc1ccc([C@H]2CC(c3c(O)n(C)c(=O)n(C)c3=O)=NN2C)c(OC)c1. The first-order valence-electron chi connectivity index (χ1n) is 8.31. The van der Waals surface area contributed by atoms with Gasteiger partial charge in [-0.05, 0) is 12.1 Å². The van der Waals surface area contributed by atoms with E-state index in [2.05, 4.69) is 5.10 Å². The van der Waals surface area contributed by atoms with Gasteiger partial charge in [-0.2, -0.15) is 5.10 Å². The van der Waals surface area contributed by atoms with Crippen LogP contribution in [0.3, 0.4) is 0 Å². The van der Waals surface area contributed by atoms with Crippen LogP contribution < -0.4 is 20.7 Å². The molecule has 0 saturated carbocycles. The predicted molar refractivity (Wildman–Crippen MR) is 99.8 cm³/mol. The minimum atomic E-state index is -0.596. The summed E-state index contributed by atoms with van der Waals surface area (Å²) < 4.78 is 12.7. The van der Waals surface area contributed by atoms with E-state index in [-0.39, 0.29) is 11.6 Å². The minimum absolute atomic E-state index is 0.0291. The molecule has 0 unspecified atom stereocenters. The zero-order valence-electron chi connectivity index (χ0n) is 15.9. The third kappa shape index (κ3) is 2.94. The van der Waals surface area contributed by atoms with Crippen molar-refractivity contribution >= 4 is 5.71 Å². The van der Waals surface area contributed by atoms with Crippen molar-refractivity contribution in [2.24, 2.45) is 19.2 Å². The van der Waals surface area contributed by atoms with Gasteiger partial charge in [-0.1, -0.05) is 0 Å². The molecule has 1 aliphatic heterocycles. The molecule has 0 saturated heterocycles. The summed E-state index contributed by atoms with van der Waals surface area (Å²) in [5.41, 5.74) is 0.142. The maximum absolute atomic E-state index is 12.6. The van der Waals surface area contributed by atoms with Crippen molar-refractivity contribution in [2.45, 2.75) is 12.5 Å². The second-order valence-electron chi connectivity index (χ2n) is 6.35. The highest BCUT2D eigenvalue weighted by Crippen LogP contribution is 2.38. The number of nitrogens with zero attached hydrogens (tertiary/aromatic N) is 4. The van der Waals surface area contributed by atoms with Crippen LogP contribution in [0.4, 0.5) is 0 Å². The lowest BCUT2D eigenvalue weighted by Crippen LogP contribution is -2.39. The molecule has 144 valence electrons. The van der Waals surface area contributed by atoms with E-state index in [4.69, 9.17) is 9.47 Å². The van der Waals surface area contributed by atoms with Crippen molar-refractivity contribution in [1.82, 2.24) is 14.1 Å². The van der Waals surface area contributed by atoms with Gasteiger partial charge in [0.2, 0.25) is 5.88 Å². The van der Waals surface area contributed by atoms with Crippen LogP contribution in [0.15, 0.2) is 32.9 Å². The van der Waals surface area contributed by atoms with E-state index in [0.717, 1.165) is 14.7 Å². The lowest BCUT2D eigenvalue weighted by molar-refractivity contribution is 0.280. The number of benzene rings is 1. The van der Waals surface area contributed by atoms with Gasteiger partial charge >= 0.3 is 5.69 Å². The Morgan fingerprint density at radius 2 is 1.81 bits per heavy atom. The fourth-order valence-corrected chi connectivity index (χ4v) is 3.26. The highest BCUT2D eigenvalue weighted by Gasteiger charge is 2.32. The van der Waals surface area contributed by atoms with Crippen molar-refractivity contribution in [3.63, 3.8) is 0 Å². The zero-order chi connectivity index (χ0) is 19.9. The van der Waals surface area contributed by atoms with Gasteiger partial charge in [0.25, 0.3) is 5.56 Å². The molecule has 2 heterocycles. The van der Waals surface area contributed by atoms with Crippen LogP contribution in [0.25, 0.3) is 0 Å². The standard InChI is InChI=1S/C18H22N4O5/c1-20-16(23)15(17(24)21(2)18(20)25)12-9-13(22(3)19-12)11-7-6-10(26-4)8-14(11)27-5/h6-8,13,23H,9H2,1-5H3/t13-/m1/s1. The van der Waals surface area contributed by atoms with Crippen molar-refractivity contribution in [1.29, 1.82) is 0 Å². The number of aromatic hydroxyl groups is 1. The lowest BCUT2D eigenvalue weighted by atomic mass is 9.98. The number of rotatable bonds is 4. The van der Waals surface area contributed by atoms with E-state index in [1.165, 1.54) is 14.1 Å². The Morgan fingerprint density at radius 3 is 2.44 bits per heavy atom. The highest BCUT2D eigenvalue weighted by atomic mass is 16.5. The first-order valence-corrected chi connectivity index (χ1v) is 8.31. The number of hydrogen-bond acceptors (Lipinski definition) is 7. The molecule has 0 aliphatic carbocycles. The summed E-state index contributed by atoms with van der Waals surface area (Å²) in [6.45, 7) is 0. The fraction of sp³-hybridized carbons (Fsp3) is 0.389. The predicted octanol–water partition coefficient (Wildman–Crippen LogP) is 0.588. The molecule has 9 nitrogen and oxygen atoms in total.